The van der Waals surface area contributed by atoms with E-state index in [1.807, 2.05) is 24.1 Å². The second-order valence-electron chi connectivity index (χ2n) is 3.40. The van der Waals surface area contributed by atoms with Crippen LogP contribution in [-0.4, -0.2) is 5.75 Å². The molecule has 1 aromatic heterocycles. The fourth-order valence-corrected chi connectivity index (χ4v) is 2.29. The van der Waals surface area contributed by atoms with E-state index in [9.17, 15) is 0 Å². The van der Waals surface area contributed by atoms with Gasteiger partial charge in [-0.1, -0.05) is 18.2 Å². The Labute approximate surface area is 94.5 Å². The zero-order valence-electron chi connectivity index (χ0n) is 8.56. The summed E-state index contributed by atoms with van der Waals surface area (Å²) in [6, 6.07) is 12.6. The SMILES string of the molecule is c1ccc(SCCCc2ccoc2)cc1. The summed E-state index contributed by atoms with van der Waals surface area (Å²) in [5, 5.41) is 0. The first kappa shape index (κ1) is 10.4. The average molecular weight is 218 g/mol. The van der Waals surface area contributed by atoms with Crippen molar-refractivity contribution in [2.75, 3.05) is 5.75 Å². The zero-order chi connectivity index (χ0) is 10.3. The third kappa shape index (κ3) is 3.48. The first-order chi connectivity index (χ1) is 7.45. The Morgan fingerprint density at radius 3 is 2.67 bits per heavy atom. The summed E-state index contributed by atoms with van der Waals surface area (Å²) in [6.07, 6.45) is 5.86. The normalized spacial score (nSPS) is 10.4. The van der Waals surface area contributed by atoms with Gasteiger partial charge in [0.15, 0.2) is 0 Å². The maximum atomic E-state index is 5.02. The molecule has 0 bridgehead atoms. The molecule has 0 aliphatic heterocycles. The van der Waals surface area contributed by atoms with Gasteiger partial charge in [0.05, 0.1) is 12.5 Å². The second-order valence-corrected chi connectivity index (χ2v) is 4.56. The molecule has 0 fully saturated rings. The monoisotopic (exact) mass is 218 g/mol. The molecule has 0 unspecified atom stereocenters. The van der Waals surface area contributed by atoms with Crippen molar-refractivity contribution in [3.63, 3.8) is 0 Å². The lowest BCUT2D eigenvalue weighted by atomic mass is 10.2. The molecule has 15 heavy (non-hydrogen) atoms. The Morgan fingerprint density at radius 1 is 1.07 bits per heavy atom. The molecule has 1 nitrogen and oxygen atoms in total. The van der Waals surface area contributed by atoms with Gasteiger partial charge in [0.2, 0.25) is 0 Å². The standard InChI is InChI=1S/C13H14OS/c1-2-6-13(7-3-1)15-10-4-5-12-8-9-14-11-12/h1-3,6-9,11H,4-5,10H2. The first-order valence-electron chi connectivity index (χ1n) is 5.14. The number of furan rings is 1. The maximum Gasteiger partial charge on any atom is 0.0934 e. The highest BCUT2D eigenvalue weighted by molar-refractivity contribution is 7.99. The van der Waals surface area contributed by atoms with Gasteiger partial charge in [-0.05, 0) is 42.4 Å². The van der Waals surface area contributed by atoms with Crippen molar-refractivity contribution in [3.05, 3.63) is 54.5 Å². The maximum absolute atomic E-state index is 5.02. The molecule has 0 saturated heterocycles. The molecule has 1 heterocycles. The third-order valence-corrected chi connectivity index (χ3v) is 3.30. The molecule has 0 N–H and O–H groups in total. The predicted octanol–water partition coefficient (Wildman–Crippen LogP) is 4.00. The van der Waals surface area contributed by atoms with E-state index in [1.54, 1.807) is 6.26 Å². The van der Waals surface area contributed by atoms with Crippen molar-refractivity contribution in [1.29, 1.82) is 0 Å². The van der Waals surface area contributed by atoms with Crippen molar-refractivity contribution in [2.24, 2.45) is 0 Å². The van der Waals surface area contributed by atoms with Crippen molar-refractivity contribution < 1.29 is 4.42 Å². The third-order valence-electron chi connectivity index (χ3n) is 2.20. The summed E-state index contributed by atoms with van der Waals surface area (Å²) in [5.41, 5.74) is 1.30. The predicted molar refractivity (Wildman–Crippen MR) is 64.2 cm³/mol. The molecule has 0 atom stereocenters. The van der Waals surface area contributed by atoms with E-state index in [2.05, 4.69) is 30.3 Å². The summed E-state index contributed by atoms with van der Waals surface area (Å²) in [4.78, 5) is 1.35. The van der Waals surface area contributed by atoms with Gasteiger partial charge in [-0.25, -0.2) is 0 Å². The van der Waals surface area contributed by atoms with Gasteiger partial charge in [-0.15, -0.1) is 11.8 Å². The first-order valence-corrected chi connectivity index (χ1v) is 6.12. The van der Waals surface area contributed by atoms with Crippen molar-refractivity contribution in [2.45, 2.75) is 17.7 Å². The molecule has 1 aromatic carbocycles. The molecule has 2 rings (SSSR count). The lowest BCUT2D eigenvalue weighted by molar-refractivity contribution is 0.563. The van der Waals surface area contributed by atoms with Crippen LogP contribution in [0.4, 0.5) is 0 Å². The topological polar surface area (TPSA) is 13.1 Å². The van der Waals surface area contributed by atoms with Gasteiger partial charge in [0.1, 0.15) is 0 Å². The summed E-state index contributed by atoms with van der Waals surface area (Å²) >= 11 is 1.91. The quantitative estimate of drug-likeness (QED) is 0.555. The van der Waals surface area contributed by atoms with E-state index in [0.29, 0.717) is 0 Å². The smallest absolute Gasteiger partial charge is 0.0934 e. The van der Waals surface area contributed by atoms with E-state index >= 15 is 0 Å². The van der Waals surface area contributed by atoms with Gasteiger partial charge in [-0.2, -0.15) is 0 Å². The Balaban J connectivity index is 1.68. The van der Waals surface area contributed by atoms with E-state index in [1.165, 1.54) is 16.9 Å². The minimum Gasteiger partial charge on any atom is -0.472 e. The van der Waals surface area contributed by atoms with Gasteiger partial charge < -0.3 is 4.42 Å². The molecule has 78 valence electrons. The van der Waals surface area contributed by atoms with Crippen LogP contribution in [0.1, 0.15) is 12.0 Å². The molecule has 0 radical (unpaired) electrons. The Kier molecular flexibility index (Phi) is 3.92. The fraction of sp³-hybridized carbons (Fsp3) is 0.231. The van der Waals surface area contributed by atoms with Crippen LogP contribution in [0.15, 0.2) is 58.2 Å². The second kappa shape index (κ2) is 5.66. The van der Waals surface area contributed by atoms with Crippen LogP contribution < -0.4 is 0 Å². The minimum absolute atomic E-state index is 1.11. The number of aryl methyl sites for hydroxylation is 1. The summed E-state index contributed by atoms with van der Waals surface area (Å²) in [5.74, 6) is 1.16. The van der Waals surface area contributed by atoms with Crippen LogP contribution >= 0.6 is 11.8 Å². The highest BCUT2D eigenvalue weighted by Gasteiger charge is 1.95. The van der Waals surface area contributed by atoms with Crippen LogP contribution in [0.3, 0.4) is 0 Å². The number of hydrogen-bond donors (Lipinski definition) is 0. The molecule has 0 saturated carbocycles. The lowest BCUT2D eigenvalue weighted by Crippen LogP contribution is -1.85. The van der Waals surface area contributed by atoms with Gasteiger partial charge in [0, 0.05) is 4.90 Å². The zero-order valence-corrected chi connectivity index (χ0v) is 9.37. The molecule has 2 aromatic rings. The molecule has 2 heteroatoms. The fourth-order valence-electron chi connectivity index (χ4n) is 1.42. The van der Waals surface area contributed by atoms with Crippen LogP contribution in [0, 0.1) is 0 Å². The Hall–Kier alpha value is -1.15. The summed E-state index contributed by atoms with van der Waals surface area (Å²) in [6.45, 7) is 0. The minimum atomic E-state index is 1.11. The van der Waals surface area contributed by atoms with Crippen molar-refractivity contribution in [3.8, 4) is 0 Å². The van der Waals surface area contributed by atoms with E-state index in [0.717, 1.165) is 12.2 Å². The molecular weight excluding hydrogens is 204 g/mol. The van der Waals surface area contributed by atoms with E-state index in [-0.39, 0.29) is 0 Å². The summed E-state index contributed by atoms with van der Waals surface area (Å²) < 4.78 is 5.02. The van der Waals surface area contributed by atoms with Crippen LogP contribution in [-0.2, 0) is 6.42 Å². The molecule has 0 amide bonds. The van der Waals surface area contributed by atoms with Gasteiger partial charge in [0.25, 0.3) is 0 Å². The van der Waals surface area contributed by atoms with Crippen LogP contribution in [0.25, 0.3) is 0 Å². The number of benzene rings is 1. The molecule has 0 spiro atoms. The van der Waals surface area contributed by atoms with Crippen LogP contribution in [0.5, 0.6) is 0 Å². The summed E-state index contributed by atoms with van der Waals surface area (Å²) in [7, 11) is 0. The van der Waals surface area contributed by atoms with Crippen LogP contribution in [0.2, 0.25) is 0 Å². The number of hydrogen-bond acceptors (Lipinski definition) is 2. The molecular formula is C13H14OS. The van der Waals surface area contributed by atoms with Gasteiger partial charge in [-0.3, -0.25) is 0 Å². The number of rotatable bonds is 5. The lowest BCUT2D eigenvalue weighted by Gasteiger charge is -1.99. The molecule has 0 aliphatic rings. The Bertz CT molecular complexity index is 367. The molecule has 0 aliphatic carbocycles. The van der Waals surface area contributed by atoms with E-state index in [4.69, 9.17) is 4.42 Å². The highest BCUT2D eigenvalue weighted by Crippen LogP contribution is 2.18. The van der Waals surface area contributed by atoms with Crippen molar-refractivity contribution in [1.82, 2.24) is 0 Å². The Morgan fingerprint density at radius 2 is 1.93 bits per heavy atom. The van der Waals surface area contributed by atoms with Gasteiger partial charge >= 0.3 is 0 Å². The highest BCUT2D eigenvalue weighted by atomic mass is 32.2. The van der Waals surface area contributed by atoms with E-state index < -0.39 is 0 Å². The number of thioether (sulfide) groups is 1. The average Bonchev–Trinajstić information content (AvgIpc) is 2.79. The largest absolute Gasteiger partial charge is 0.472 e. The van der Waals surface area contributed by atoms with Crippen molar-refractivity contribution >= 4 is 11.8 Å².